The highest BCUT2D eigenvalue weighted by molar-refractivity contribution is 9.10. The molecule has 0 aliphatic carbocycles. The van der Waals surface area contributed by atoms with Gasteiger partial charge in [0.1, 0.15) is 11.5 Å². The van der Waals surface area contributed by atoms with E-state index in [4.69, 9.17) is 15.0 Å². The largest absolute Gasteiger partial charge is 0.278 e. The maximum Gasteiger partial charge on any atom is 0.162 e. The van der Waals surface area contributed by atoms with Crippen LogP contribution in [-0.2, 0) is 0 Å². The maximum absolute atomic E-state index is 4.99. The molecule has 152 valence electrons. The molecule has 3 aromatic heterocycles. The Kier molecular flexibility index (Phi) is 4.55. The minimum absolute atomic E-state index is 0.685. The first kappa shape index (κ1) is 18.9. The molecule has 0 fully saturated rings. The molecule has 6 rings (SSSR count). The molecule has 0 saturated carbocycles. The summed E-state index contributed by atoms with van der Waals surface area (Å²) in [6.45, 7) is 0. The Morgan fingerprint density at radius 1 is 0.656 bits per heavy atom. The molecular formula is C27H17BrN4. The summed E-state index contributed by atoms with van der Waals surface area (Å²) >= 11 is 3.61. The van der Waals surface area contributed by atoms with Crippen molar-refractivity contribution in [1.82, 2.24) is 19.5 Å². The minimum atomic E-state index is 0.685. The quantitative estimate of drug-likeness (QED) is 0.274. The number of fused-ring (bicyclic) bond motifs is 3. The fraction of sp³-hybridized carbons (Fsp3) is 0. The second-order valence-corrected chi connectivity index (χ2v) is 8.45. The van der Waals surface area contributed by atoms with Gasteiger partial charge in [0.25, 0.3) is 0 Å². The Labute approximate surface area is 193 Å². The van der Waals surface area contributed by atoms with E-state index in [1.54, 1.807) is 0 Å². The zero-order chi connectivity index (χ0) is 21.5. The summed E-state index contributed by atoms with van der Waals surface area (Å²) in [5.74, 6) is 1.48. The summed E-state index contributed by atoms with van der Waals surface area (Å²) in [4.78, 5) is 14.6. The van der Waals surface area contributed by atoms with Gasteiger partial charge in [-0.05, 0) is 30.3 Å². The normalized spacial score (nSPS) is 11.3. The molecule has 0 spiro atoms. The van der Waals surface area contributed by atoms with E-state index in [2.05, 4.69) is 56.9 Å². The summed E-state index contributed by atoms with van der Waals surface area (Å²) in [5.41, 5.74) is 4.82. The smallest absolute Gasteiger partial charge is 0.162 e. The standard InChI is InChI=1S/C27H17BrN4/c28-20-13-14-24-22(16-20)21-12-7-15-29-27(21)32(24)25-17-23(18-8-3-1-4-9-18)30-26(31-25)19-10-5-2-6-11-19/h1-17H. The maximum atomic E-state index is 4.99. The fourth-order valence-corrected chi connectivity index (χ4v) is 4.43. The van der Waals surface area contributed by atoms with Gasteiger partial charge < -0.3 is 0 Å². The molecule has 0 aliphatic heterocycles. The average Bonchev–Trinajstić information content (AvgIpc) is 3.18. The van der Waals surface area contributed by atoms with Crippen molar-refractivity contribution in [3.05, 3.63) is 108 Å². The Morgan fingerprint density at radius 2 is 1.41 bits per heavy atom. The van der Waals surface area contributed by atoms with Crippen LogP contribution in [0, 0.1) is 0 Å². The topological polar surface area (TPSA) is 43.6 Å². The van der Waals surface area contributed by atoms with Gasteiger partial charge in [0.05, 0.1) is 11.2 Å². The lowest BCUT2D eigenvalue weighted by Crippen LogP contribution is -2.03. The minimum Gasteiger partial charge on any atom is -0.278 e. The van der Waals surface area contributed by atoms with Crippen molar-refractivity contribution in [3.8, 4) is 28.5 Å². The van der Waals surface area contributed by atoms with Crippen molar-refractivity contribution < 1.29 is 0 Å². The molecule has 0 aliphatic rings. The van der Waals surface area contributed by atoms with Crippen LogP contribution in [0.4, 0.5) is 0 Å². The summed E-state index contributed by atoms with van der Waals surface area (Å²) < 4.78 is 3.16. The van der Waals surface area contributed by atoms with Gasteiger partial charge in [0, 0.05) is 38.6 Å². The van der Waals surface area contributed by atoms with Crippen molar-refractivity contribution in [2.45, 2.75) is 0 Å². The Bertz CT molecular complexity index is 1520. The predicted octanol–water partition coefficient (Wildman–Crippen LogP) is 7.07. The van der Waals surface area contributed by atoms with Crippen molar-refractivity contribution in [3.63, 3.8) is 0 Å². The van der Waals surface area contributed by atoms with Gasteiger partial charge in [0.15, 0.2) is 5.82 Å². The van der Waals surface area contributed by atoms with Crippen molar-refractivity contribution in [1.29, 1.82) is 0 Å². The Hall–Kier alpha value is -3.83. The number of hydrogen-bond acceptors (Lipinski definition) is 3. The Balaban J connectivity index is 1.70. The second kappa shape index (κ2) is 7.70. The van der Waals surface area contributed by atoms with E-state index < -0.39 is 0 Å². The summed E-state index contributed by atoms with van der Waals surface area (Å²) in [6.07, 6.45) is 1.82. The molecule has 0 amide bonds. The molecule has 4 nitrogen and oxygen atoms in total. The van der Waals surface area contributed by atoms with Gasteiger partial charge in [-0.1, -0.05) is 76.6 Å². The van der Waals surface area contributed by atoms with Gasteiger partial charge in [-0.3, -0.25) is 4.57 Å². The summed E-state index contributed by atoms with van der Waals surface area (Å²) in [5, 5.41) is 2.22. The van der Waals surface area contributed by atoms with Gasteiger partial charge in [-0.25, -0.2) is 15.0 Å². The highest BCUT2D eigenvalue weighted by Gasteiger charge is 2.17. The zero-order valence-electron chi connectivity index (χ0n) is 17.0. The molecule has 0 radical (unpaired) electrons. The first-order valence-corrected chi connectivity index (χ1v) is 11.1. The molecule has 0 unspecified atom stereocenters. The molecule has 3 heterocycles. The van der Waals surface area contributed by atoms with Crippen LogP contribution in [-0.4, -0.2) is 19.5 Å². The Morgan fingerprint density at radius 3 is 2.19 bits per heavy atom. The highest BCUT2D eigenvalue weighted by Crippen LogP contribution is 2.33. The van der Waals surface area contributed by atoms with Gasteiger partial charge in [0.2, 0.25) is 0 Å². The third kappa shape index (κ3) is 3.18. The highest BCUT2D eigenvalue weighted by atomic mass is 79.9. The SMILES string of the molecule is Brc1ccc2c(c1)c1cccnc1n2-c1cc(-c2ccccc2)nc(-c2ccccc2)n1. The molecule has 32 heavy (non-hydrogen) atoms. The van der Waals surface area contributed by atoms with E-state index >= 15 is 0 Å². The van der Waals surface area contributed by atoms with E-state index in [0.717, 1.165) is 49.0 Å². The number of aromatic nitrogens is 4. The van der Waals surface area contributed by atoms with Gasteiger partial charge in [-0.15, -0.1) is 0 Å². The van der Waals surface area contributed by atoms with E-state index in [9.17, 15) is 0 Å². The summed E-state index contributed by atoms with van der Waals surface area (Å²) in [6, 6.07) is 32.7. The number of hydrogen-bond donors (Lipinski definition) is 0. The number of rotatable bonds is 3. The predicted molar refractivity (Wildman–Crippen MR) is 133 cm³/mol. The summed E-state index contributed by atoms with van der Waals surface area (Å²) in [7, 11) is 0. The van der Waals surface area contributed by atoms with Gasteiger partial charge in [-0.2, -0.15) is 0 Å². The molecular weight excluding hydrogens is 460 g/mol. The molecule has 0 bridgehead atoms. The van der Waals surface area contributed by atoms with Crippen LogP contribution < -0.4 is 0 Å². The number of halogens is 1. The molecule has 0 N–H and O–H groups in total. The van der Waals surface area contributed by atoms with Crippen LogP contribution in [0.25, 0.3) is 50.4 Å². The third-order valence-corrected chi connectivity index (χ3v) is 6.02. The molecule has 0 saturated heterocycles. The fourth-order valence-electron chi connectivity index (χ4n) is 4.07. The van der Waals surface area contributed by atoms with Crippen LogP contribution in [0.15, 0.2) is 108 Å². The first-order chi connectivity index (χ1) is 15.8. The van der Waals surface area contributed by atoms with E-state index in [0.29, 0.717) is 5.82 Å². The van der Waals surface area contributed by atoms with Crippen LogP contribution in [0.5, 0.6) is 0 Å². The zero-order valence-corrected chi connectivity index (χ0v) is 18.6. The van der Waals surface area contributed by atoms with E-state index in [1.165, 1.54) is 0 Å². The molecule has 5 heteroatoms. The van der Waals surface area contributed by atoms with Crippen LogP contribution in [0.3, 0.4) is 0 Å². The van der Waals surface area contributed by atoms with Crippen LogP contribution >= 0.6 is 15.9 Å². The van der Waals surface area contributed by atoms with Crippen LogP contribution in [0.1, 0.15) is 0 Å². The number of benzene rings is 3. The lowest BCUT2D eigenvalue weighted by atomic mass is 10.1. The lowest BCUT2D eigenvalue weighted by molar-refractivity contribution is 1.03. The first-order valence-electron chi connectivity index (χ1n) is 10.3. The average molecular weight is 477 g/mol. The van der Waals surface area contributed by atoms with Gasteiger partial charge >= 0.3 is 0 Å². The monoisotopic (exact) mass is 476 g/mol. The molecule has 6 aromatic rings. The number of pyridine rings is 1. The lowest BCUT2D eigenvalue weighted by Gasteiger charge is -2.11. The third-order valence-electron chi connectivity index (χ3n) is 5.53. The number of nitrogens with zero attached hydrogens (tertiary/aromatic N) is 4. The van der Waals surface area contributed by atoms with Crippen molar-refractivity contribution in [2.75, 3.05) is 0 Å². The molecule has 0 atom stereocenters. The van der Waals surface area contributed by atoms with Crippen molar-refractivity contribution in [2.24, 2.45) is 0 Å². The second-order valence-electron chi connectivity index (χ2n) is 7.54. The van der Waals surface area contributed by atoms with Crippen molar-refractivity contribution >= 4 is 37.9 Å². The van der Waals surface area contributed by atoms with E-state index in [-0.39, 0.29) is 0 Å². The molecule has 3 aromatic carbocycles. The van der Waals surface area contributed by atoms with E-state index in [1.807, 2.05) is 66.9 Å². The van der Waals surface area contributed by atoms with Crippen LogP contribution in [0.2, 0.25) is 0 Å².